The molecule has 2 heterocycles. The number of aryl methyl sites for hydroxylation is 2. The van der Waals surface area contributed by atoms with Crippen molar-refractivity contribution in [2.24, 2.45) is 4.99 Å². The molecular formula is C17H32IN5O. The Morgan fingerprint density at radius 2 is 2.08 bits per heavy atom. The van der Waals surface area contributed by atoms with E-state index in [0.29, 0.717) is 12.6 Å². The predicted molar refractivity (Wildman–Crippen MR) is 109 cm³/mol. The van der Waals surface area contributed by atoms with E-state index in [4.69, 9.17) is 4.52 Å². The Labute approximate surface area is 162 Å². The van der Waals surface area contributed by atoms with Crippen molar-refractivity contribution in [3.8, 4) is 0 Å². The summed E-state index contributed by atoms with van der Waals surface area (Å²) in [5.74, 6) is 1.82. The molecule has 1 saturated heterocycles. The molecule has 0 saturated carbocycles. The van der Waals surface area contributed by atoms with Crippen molar-refractivity contribution in [1.29, 1.82) is 0 Å². The van der Waals surface area contributed by atoms with Crippen molar-refractivity contribution in [2.75, 3.05) is 26.7 Å². The van der Waals surface area contributed by atoms with E-state index in [2.05, 4.69) is 46.5 Å². The van der Waals surface area contributed by atoms with E-state index in [-0.39, 0.29) is 24.0 Å². The normalized spacial score (nSPS) is 18.5. The maximum atomic E-state index is 5.41. The fourth-order valence-electron chi connectivity index (χ4n) is 3.29. The molecule has 2 rings (SSSR count). The summed E-state index contributed by atoms with van der Waals surface area (Å²) in [7, 11) is 1.82. The second-order valence-electron chi connectivity index (χ2n) is 5.97. The summed E-state index contributed by atoms with van der Waals surface area (Å²) >= 11 is 0. The first-order valence-electron chi connectivity index (χ1n) is 8.88. The number of nitrogens with one attached hydrogen (secondary N) is 2. The van der Waals surface area contributed by atoms with Gasteiger partial charge in [0.25, 0.3) is 0 Å². The van der Waals surface area contributed by atoms with E-state index in [1.165, 1.54) is 24.9 Å². The zero-order chi connectivity index (χ0) is 16.7. The molecule has 1 fully saturated rings. The summed E-state index contributed by atoms with van der Waals surface area (Å²) in [5.41, 5.74) is 2.21. The van der Waals surface area contributed by atoms with Gasteiger partial charge in [-0.05, 0) is 32.4 Å². The summed E-state index contributed by atoms with van der Waals surface area (Å²) in [4.78, 5) is 6.87. The standard InChI is InChI=1S/C17H31N5O.HI/c1-5-15-14(16(6-2)23-21-15)12-20-17(18-4)19-11-13-9-8-10-22(13)7-3;/h13H,5-12H2,1-4H3,(H2,18,19,20);1H. The van der Waals surface area contributed by atoms with Crippen molar-refractivity contribution >= 4 is 29.9 Å². The van der Waals surface area contributed by atoms with E-state index >= 15 is 0 Å². The van der Waals surface area contributed by atoms with E-state index in [0.717, 1.165) is 43.3 Å². The van der Waals surface area contributed by atoms with Gasteiger partial charge >= 0.3 is 0 Å². The minimum Gasteiger partial charge on any atom is -0.361 e. The second kappa shape index (κ2) is 10.9. The molecular weight excluding hydrogens is 417 g/mol. The predicted octanol–water partition coefficient (Wildman–Crippen LogP) is 2.57. The molecule has 0 spiro atoms. The number of guanidine groups is 1. The highest BCUT2D eigenvalue weighted by Gasteiger charge is 2.22. The van der Waals surface area contributed by atoms with Gasteiger partial charge in [-0.15, -0.1) is 24.0 Å². The van der Waals surface area contributed by atoms with Crippen molar-refractivity contribution in [1.82, 2.24) is 20.7 Å². The van der Waals surface area contributed by atoms with Crippen LogP contribution in [0.4, 0.5) is 0 Å². The Bertz CT molecular complexity index is 496. The lowest BCUT2D eigenvalue weighted by atomic mass is 10.1. The number of aromatic nitrogens is 1. The van der Waals surface area contributed by atoms with Crippen LogP contribution >= 0.6 is 24.0 Å². The molecule has 0 amide bonds. The van der Waals surface area contributed by atoms with E-state index < -0.39 is 0 Å². The topological polar surface area (TPSA) is 65.7 Å². The van der Waals surface area contributed by atoms with Crippen molar-refractivity contribution in [3.63, 3.8) is 0 Å². The zero-order valence-electron chi connectivity index (χ0n) is 15.4. The molecule has 1 unspecified atom stereocenters. The van der Waals surface area contributed by atoms with Crippen LogP contribution in [0.2, 0.25) is 0 Å². The molecule has 6 nitrogen and oxygen atoms in total. The maximum absolute atomic E-state index is 5.41. The summed E-state index contributed by atoms with van der Waals surface area (Å²) in [6.07, 6.45) is 4.32. The highest BCUT2D eigenvalue weighted by atomic mass is 127. The molecule has 0 radical (unpaired) electrons. The van der Waals surface area contributed by atoms with Crippen molar-refractivity contribution < 1.29 is 4.52 Å². The van der Waals surface area contributed by atoms with Gasteiger partial charge in [-0.1, -0.05) is 25.9 Å². The van der Waals surface area contributed by atoms with Crippen LogP contribution in [-0.2, 0) is 19.4 Å². The third-order valence-corrected chi connectivity index (χ3v) is 4.67. The average molecular weight is 449 g/mol. The number of rotatable bonds is 7. The molecule has 24 heavy (non-hydrogen) atoms. The molecule has 0 bridgehead atoms. The van der Waals surface area contributed by atoms with Crippen LogP contribution in [-0.4, -0.2) is 48.7 Å². The van der Waals surface area contributed by atoms with Crippen LogP contribution in [0.25, 0.3) is 0 Å². The number of likely N-dealkylation sites (tertiary alicyclic amines) is 1. The van der Waals surface area contributed by atoms with Gasteiger partial charge in [0.05, 0.1) is 5.69 Å². The monoisotopic (exact) mass is 449 g/mol. The Morgan fingerprint density at radius 3 is 2.71 bits per heavy atom. The van der Waals surface area contributed by atoms with Crippen LogP contribution in [0.15, 0.2) is 9.52 Å². The second-order valence-corrected chi connectivity index (χ2v) is 5.97. The third-order valence-electron chi connectivity index (χ3n) is 4.67. The molecule has 7 heteroatoms. The van der Waals surface area contributed by atoms with Gasteiger partial charge in [0.2, 0.25) is 0 Å². The molecule has 1 atom stereocenters. The highest BCUT2D eigenvalue weighted by molar-refractivity contribution is 14.0. The van der Waals surface area contributed by atoms with Gasteiger partial charge in [0.15, 0.2) is 5.96 Å². The quantitative estimate of drug-likeness (QED) is 0.381. The Morgan fingerprint density at radius 1 is 1.29 bits per heavy atom. The van der Waals surface area contributed by atoms with Crippen LogP contribution in [0.3, 0.4) is 0 Å². The molecule has 1 aliphatic rings. The molecule has 1 aromatic rings. The Hall–Kier alpha value is -0.830. The molecule has 1 aliphatic heterocycles. The van der Waals surface area contributed by atoms with Crippen molar-refractivity contribution in [2.45, 2.75) is 59.0 Å². The Kier molecular flexibility index (Phi) is 9.65. The summed E-state index contributed by atoms with van der Waals surface area (Å²) < 4.78 is 5.41. The fourth-order valence-corrected chi connectivity index (χ4v) is 3.29. The molecule has 0 aliphatic carbocycles. The highest BCUT2D eigenvalue weighted by Crippen LogP contribution is 2.16. The molecule has 2 N–H and O–H groups in total. The lowest BCUT2D eigenvalue weighted by Gasteiger charge is -2.24. The minimum atomic E-state index is 0. The van der Waals surface area contributed by atoms with Crippen LogP contribution in [0, 0.1) is 0 Å². The third kappa shape index (κ3) is 5.34. The zero-order valence-corrected chi connectivity index (χ0v) is 17.7. The van der Waals surface area contributed by atoms with Crippen LogP contribution < -0.4 is 10.6 Å². The van der Waals surface area contributed by atoms with Crippen molar-refractivity contribution in [3.05, 3.63) is 17.0 Å². The number of aliphatic imine (C=N–C) groups is 1. The molecule has 1 aromatic heterocycles. The van der Waals surface area contributed by atoms with Gasteiger partial charge in [0, 0.05) is 38.2 Å². The van der Waals surface area contributed by atoms with Gasteiger partial charge in [-0.2, -0.15) is 0 Å². The fraction of sp³-hybridized carbons (Fsp3) is 0.765. The largest absolute Gasteiger partial charge is 0.361 e. The van der Waals surface area contributed by atoms with Gasteiger partial charge in [-0.25, -0.2) is 0 Å². The number of halogens is 1. The first-order valence-corrected chi connectivity index (χ1v) is 8.88. The smallest absolute Gasteiger partial charge is 0.191 e. The average Bonchev–Trinajstić information content (AvgIpc) is 3.20. The van der Waals surface area contributed by atoms with Crippen LogP contribution in [0.1, 0.15) is 50.6 Å². The molecule has 138 valence electrons. The first kappa shape index (κ1) is 21.2. The summed E-state index contributed by atoms with van der Waals surface area (Å²) in [6, 6.07) is 0.617. The van der Waals surface area contributed by atoms with E-state index in [1.807, 2.05) is 7.05 Å². The number of hydrogen-bond acceptors (Lipinski definition) is 4. The van der Waals surface area contributed by atoms with E-state index in [9.17, 15) is 0 Å². The minimum absolute atomic E-state index is 0. The number of likely N-dealkylation sites (N-methyl/N-ethyl adjacent to an activating group) is 1. The Balaban J connectivity index is 0.00000288. The maximum Gasteiger partial charge on any atom is 0.191 e. The van der Waals surface area contributed by atoms with Gasteiger partial charge in [0.1, 0.15) is 5.76 Å². The lowest BCUT2D eigenvalue weighted by molar-refractivity contribution is 0.267. The molecule has 0 aromatic carbocycles. The van der Waals surface area contributed by atoms with Gasteiger partial charge < -0.3 is 15.2 Å². The van der Waals surface area contributed by atoms with Gasteiger partial charge in [-0.3, -0.25) is 9.89 Å². The number of hydrogen-bond donors (Lipinski definition) is 2. The SMILES string of the molecule is CCc1noc(CC)c1CNC(=NC)NCC1CCCN1CC.I. The van der Waals surface area contributed by atoms with E-state index in [1.54, 1.807) is 0 Å². The lowest BCUT2D eigenvalue weighted by Crippen LogP contribution is -2.44. The van der Waals surface area contributed by atoms with Crippen LogP contribution in [0.5, 0.6) is 0 Å². The summed E-state index contributed by atoms with van der Waals surface area (Å²) in [6.45, 7) is 10.4. The first-order chi connectivity index (χ1) is 11.2. The summed E-state index contributed by atoms with van der Waals surface area (Å²) in [5, 5.41) is 11.0. The number of nitrogens with zero attached hydrogens (tertiary/aromatic N) is 3.